The predicted octanol–water partition coefficient (Wildman–Crippen LogP) is 1.73. The summed E-state index contributed by atoms with van der Waals surface area (Å²) in [6.07, 6.45) is 3.61. The van der Waals surface area contributed by atoms with Crippen LogP contribution >= 0.6 is 0 Å². The molecule has 0 amide bonds. The number of para-hydroxylation sites is 2. The van der Waals surface area contributed by atoms with Crippen molar-refractivity contribution in [3.05, 3.63) is 30.6 Å². The summed E-state index contributed by atoms with van der Waals surface area (Å²) in [7, 11) is 0. The molecule has 1 aliphatic carbocycles. The number of aliphatic hydroxyl groups excluding tert-OH is 1. The van der Waals surface area contributed by atoms with Gasteiger partial charge in [-0.3, -0.25) is 0 Å². The summed E-state index contributed by atoms with van der Waals surface area (Å²) in [5.74, 6) is 0. The lowest BCUT2D eigenvalue weighted by atomic mass is 9.89. The Kier molecular flexibility index (Phi) is 1.61. The first-order valence-corrected chi connectivity index (χ1v) is 4.96. The molecule has 0 saturated heterocycles. The number of hydrogen-bond acceptors (Lipinski definition) is 2. The van der Waals surface area contributed by atoms with Crippen LogP contribution in [0.2, 0.25) is 0 Å². The molecule has 1 saturated carbocycles. The summed E-state index contributed by atoms with van der Waals surface area (Å²) < 4.78 is 2.09. The SMILES string of the molecule is OC1CCC1n1cnc2ccccc21. The van der Waals surface area contributed by atoms with E-state index in [0.29, 0.717) is 0 Å². The third-order valence-electron chi connectivity index (χ3n) is 3.04. The smallest absolute Gasteiger partial charge is 0.0961 e. The number of aliphatic hydroxyl groups is 1. The highest BCUT2D eigenvalue weighted by atomic mass is 16.3. The first-order chi connectivity index (χ1) is 6.86. The fourth-order valence-corrected chi connectivity index (χ4v) is 2.03. The molecule has 1 fully saturated rings. The second-order valence-corrected chi connectivity index (χ2v) is 3.85. The largest absolute Gasteiger partial charge is 0.391 e. The molecule has 0 radical (unpaired) electrons. The van der Waals surface area contributed by atoms with Crippen molar-refractivity contribution in [2.24, 2.45) is 0 Å². The molecule has 1 aromatic heterocycles. The van der Waals surface area contributed by atoms with Crippen LogP contribution in [0.4, 0.5) is 0 Å². The minimum atomic E-state index is -0.187. The number of benzene rings is 1. The van der Waals surface area contributed by atoms with Crippen LogP contribution < -0.4 is 0 Å². The third kappa shape index (κ3) is 0.990. The van der Waals surface area contributed by atoms with Crippen molar-refractivity contribution in [3.8, 4) is 0 Å². The standard InChI is InChI=1S/C11H12N2O/c14-11-6-5-10(11)13-7-12-8-3-1-2-4-9(8)13/h1-4,7,10-11,14H,5-6H2. The number of rotatable bonds is 1. The van der Waals surface area contributed by atoms with E-state index in [0.717, 1.165) is 23.9 Å². The highest BCUT2D eigenvalue weighted by Gasteiger charge is 2.30. The molecule has 72 valence electrons. The van der Waals surface area contributed by atoms with Gasteiger partial charge in [0, 0.05) is 0 Å². The van der Waals surface area contributed by atoms with Crippen LogP contribution in [0.3, 0.4) is 0 Å². The van der Waals surface area contributed by atoms with Gasteiger partial charge in [-0.15, -0.1) is 0 Å². The molecule has 2 atom stereocenters. The van der Waals surface area contributed by atoms with Gasteiger partial charge in [0.15, 0.2) is 0 Å². The van der Waals surface area contributed by atoms with Crippen LogP contribution in [0.15, 0.2) is 30.6 Å². The quantitative estimate of drug-likeness (QED) is 0.740. The summed E-state index contributed by atoms with van der Waals surface area (Å²) >= 11 is 0. The summed E-state index contributed by atoms with van der Waals surface area (Å²) in [4.78, 5) is 4.31. The fourth-order valence-electron chi connectivity index (χ4n) is 2.03. The highest BCUT2D eigenvalue weighted by molar-refractivity contribution is 5.75. The summed E-state index contributed by atoms with van der Waals surface area (Å²) in [5, 5.41) is 9.59. The molecular weight excluding hydrogens is 176 g/mol. The van der Waals surface area contributed by atoms with E-state index in [2.05, 4.69) is 9.55 Å². The van der Waals surface area contributed by atoms with E-state index in [1.54, 1.807) is 0 Å². The summed E-state index contributed by atoms with van der Waals surface area (Å²) in [5.41, 5.74) is 2.13. The minimum absolute atomic E-state index is 0.187. The number of fused-ring (bicyclic) bond motifs is 1. The number of aromatic nitrogens is 2. The van der Waals surface area contributed by atoms with Gasteiger partial charge in [-0.25, -0.2) is 4.98 Å². The molecule has 0 spiro atoms. The van der Waals surface area contributed by atoms with Gasteiger partial charge in [-0.1, -0.05) is 12.1 Å². The van der Waals surface area contributed by atoms with E-state index < -0.39 is 0 Å². The Balaban J connectivity index is 2.12. The molecule has 1 aromatic carbocycles. The molecule has 0 aliphatic heterocycles. The van der Waals surface area contributed by atoms with E-state index in [1.165, 1.54) is 0 Å². The Morgan fingerprint density at radius 3 is 2.86 bits per heavy atom. The lowest BCUT2D eigenvalue weighted by Crippen LogP contribution is -2.33. The zero-order valence-electron chi connectivity index (χ0n) is 7.80. The Morgan fingerprint density at radius 1 is 1.29 bits per heavy atom. The monoisotopic (exact) mass is 188 g/mol. The number of nitrogens with zero attached hydrogens (tertiary/aromatic N) is 2. The summed E-state index contributed by atoms with van der Waals surface area (Å²) in [6.45, 7) is 0. The van der Waals surface area contributed by atoms with Crippen LogP contribution in [0, 0.1) is 0 Å². The Bertz CT molecular complexity index is 463. The lowest BCUT2D eigenvalue weighted by molar-refractivity contribution is 0.0336. The van der Waals surface area contributed by atoms with Gasteiger partial charge >= 0.3 is 0 Å². The van der Waals surface area contributed by atoms with Crippen molar-refractivity contribution in [2.45, 2.75) is 25.0 Å². The van der Waals surface area contributed by atoms with Crippen molar-refractivity contribution in [2.75, 3.05) is 0 Å². The highest BCUT2D eigenvalue weighted by Crippen LogP contribution is 2.34. The van der Waals surface area contributed by atoms with Gasteiger partial charge in [0.1, 0.15) is 0 Å². The van der Waals surface area contributed by atoms with Crippen LogP contribution in [-0.2, 0) is 0 Å². The molecule has 1 heterocycles. The maximum atomic E-state index is 9.59. The maximum absolute atomic E-state index is 9.59. The van der Waals surface area contributed by atoms with Crippen LogP contribution in [0.1, 0.15) is 18.9 Å². The molecule has 2 aromatic rings. The molecule has 2 unspecified atom stereocenters. The van der Waals surface area contributed by atoms with E-state index in [9.17, 15) is 5.11 Å². The number of hydrogen-bond donors (Lipinski definition) is 1. The average molecular weight is 188 g/mol. The van der Waals surface area contributed by atoms with Gasteiger partial charge in [0.25, 0.3) is 0 Å². The second-order valence-electron chi connectivity index (χ2n) is 3.85. The van der Waals surface area contributed by atoms with Gasteiger partial charge in [0.2, 0.25) is 0 Å². The van der Waals surface area contributed by atoms with E-state index >= 15 is 0 Å². The first-order valence-electron chi connectivity index (χ1n) is 4.96. The van der Waals surface area contributed by atoms with E-state index in [1.807, 2.05) is 30.6 Å². The Labute approximate surface area is 82.0 Å². The van der Waals surface area contributed by atoms with Crippen LogP contribution in [0.25, 0.3) is 11.0 Å². The topological polar surface area (TPSA) is 38.0 Å². The Morgan fingerprint density at radius 2 is 2.14 bits per heavy atom. The van der Waals surface area contributed by atoms with E-state index in [-0.39, 0.29) is 12.1 Å². The van der Waals surface area contributed by atoms with E-state index in [4.69, 9.17) is 0 Å². The minimum Gasteiger partial charge on any atom is -0.391 e. The zero-order valence-corrected chi connectivity index (χ0v) is 7.80. The number of imidazole rings is 1. The lowest BCUT2D eigenvalue weighted by Gasteiger charge is -2.33. The first kappa shape index (κ1) is 8.00. The normalized spacial score (nSPS) is 26.4. The predicted molar refractivity (Wildman–Crippen MR) is 54.0 cm³/mol. The molecule has 1 aliphatic rings. The van der Waals surface area contributed by atoms with Crippen LogP contribution in [0.5, 0.6) is 0 Å². The van der Waals surface area contributed by atoms with Crippen LogP contribution in [-0.4, -0.2) is 20.8 Å². The van der Waals surface area contributed by atoms with Crippen molar-refractivity contribution in [3.63, 3.8) is 0 Å². The molecule has 3 nitrogen and oxygen atoms in total. The summed E-state index contributed by atoms with van der Waals surface area (Å²) in [6, 6.07) is 8.27. The van der Waals surface area contributed by atoms with Crippen molar-refractivity contribution < 1.29 is 5.11 Å². The molecule has 3 rings (SSSR count). The molecule has 14 heavy (non-hydrogen) atoms. The third-order valence-corrected chi connectivity index (χ3v) is 3.04. The van der Waals surface area contributed by atoms with Crippen molar-refractivity contribution in [1.29, 1.82) is 0 Å². The van der Waals surface area contributed by atoms with Gasteiger partial charge < -0.3 is 9.67 Å². The molecular formula is C11H12N2O. The van der Waals surface area contributed by atoms with Crippen molar-refractivity contribution >= 4 is 11.0 Å². The molecule has 3 heteroatoms. The molecule has 1 N–H and O–H groups in total. The van der Waals surface area contributed by atoms with Crippen molar-refractivity contribution in [1.82, 2.24) is 9.55 Å². The Hall–Kier alpha value is -1.35. The van der Waals surface area contributed by atoms with Gasteiger partial charge in [-0.05, 0) is 25.0 Å². The fraction of sp³-hybridized carbons (Fsp3) is 0.364. The maximum Gasteiger partial charge on any atom is 0.0961 e. The molecule has 0 bridgehead atoms. The van der Waals surface area contributed by atoms with Gasteiger partial charge in [-0.2, -0.15) is 0 Å². The second kappa shape index (κ2) is 2.82. The zero-order chi connectivity index (χ0) is 9.54. The van der Waals surface area contributed by atoms with Gasteiger partial charge in [0.05, 0.1) is 29.5 Å². The average Bonchev–Trinajstić information content (AvgIpc) is 2.60.